The van der Waals surface area contributed by atoms with Crippen molar-refractivity contribution in [2.24, 2.45) is 0 Å². The molecule has 0 radical (unpaired) electrons. The summed E-state index contributed by atoms with van der Waals surface area (Å²) in [6, 6.07) is 32.2. The van der Waals surface area contributed by atoms with Gasteiger partial charge in [0.1, 0.15) is 0 Å². The predicted molar refractivity (Wildman–Crippen MR) is 181 cm³/mol. The lowest BCUT2D eigenvalue weighted by Gasteiger charge is -2.18. The van der Waals surface area contributed by atoms with Crippen molar-refractivity contribution in [3.63, 3.8) is 0 Å². The van der Waals surface area contributed by atoms with Gasteiger partial charge in [-0.05, 0) is 87.0 Å². The zero-order valence-corrected chi connectivity index (χ0v) is 26.1. The van der Waals surface area contributed by atoms with Gasteiger partial charge in [-0.15, -0.1) is 0 Å². The Morgan fingerprint density at radius 1 is 0.512 bits per heavy atom. The van der Waals surface area contributed by atoms with E-state index in [-0.39, 0.29) is 22.6 Å². The van der Waals surface area contributed by atoms with E-state index in [1.165, 1.54) is 11.1 Å². The fourth-order valence-corrected chi connectivity index (χ4v) is 4.55. The van der Waals surface area contributed by atoms with Crippen molar-refractivity contribution in [2.75, 3.05) is 10.6 Å². The van der Waals surface area contributed by atoms with Crippen LogP contribution in [0.15, 0.2) is 109 Å². The van der Waals surface area contributed by atoms with Gasteiger partial charge in [0.15, 0.2) is 0 Å². The monoisotopic (exact) mass is 570 g/mol. The van der Waals surface area contributed by atoms with Gasteiger partial charge >= 0.3 is 0 Å². The summed E-state index contributed by atoms with van der Waals surface area (Å²) in [6.07, 6.45) is 7.51. The molecule has 2 N–H and O–H groups in total. The summed E-state index contributed by atoms with van der Waals surface area (Å²) in [7, 11) is 0. The molecule has 0 aliphatic carbocycles. The molecule has 0 aliphatic heterocycles. The number of nitrogens with one attached hydrogen (secondary N) is 2. The van der Waals surface area contributed by atoms with Crippen LogP contribution in [0.1, 0.15) is 74.9 Å². The van der Waals surface area contributed by atoms with Crippen LogP contribution in [0.3, 0.4) is 0 Å². The van der Waals surface area contributed by atoms with Crippen molar-refractivity contribution < 1.29 is 9.59 Å². The van der Waals surface area contributed by atoms with E-state index >= 15 is 0 Å². The third kappa shape index (κ3) is 9.68. The molecule has 4 aromatic rings. The van der Waals surface area contributed by atoms with Gasteiger partial charge in [-0.1, -0.05) is 114 Å². The molecule has 0 unspecified atom stereocenters. The van der Waals surface area contributed by atoms with Gasteiger partial charge in [0, 0.05) is 23.5 Å². The number of anilines is 2. The van der Waals surface area contributed by atoms with E-state index in [1.54, 1.807) is 12.2 Å². The van der Waals surface area contributed by atoms with Gasteiger partial charge in [-0.2, -0.15) is 0 Å². The van der Waals surface area contributed by atoms with E-state index in [2.05, 4.69) is 76.4 Å². The van der Waals surface area contributed by atoms with Crippen LogP contribution in [0, 0.1) is 0 Å². The molecule has 0 heterocycles. The first-order valence-corrected chi connectivity index (χ1v) is 14.7. The highest BCUT2D eigenvalue weighted by molar-refractivity contribution is 6.02. The molecule has 0 bridgehead atoms. The van der Waals surface area contributed by atoms with Crippen LogP contribution >= 0.6 is 0 Å². The van der Waals surface area contributed by atoms with Gasteiger partial charge < -0.3 is 10.6 Å². The largest absolute Gasteiger partial charge is 0.323 e. The maximum absolute atomic E-state index is 12.4. The Bertz CT molecular complexity index is 1460. The first-order valence-electron chi connectivity index (χ1n) is 14.7. The number of hydrogen-bond donors (Lipinski definition) is 2. The molecule has 0 saturated carbocycles. The fraction of sp³-hybridized carbons (Fsp3) is 0.231. The lowest BCUT2D eigenvalue weighted by molar-refractivity contribution is -0.112. The first kappa shape index (κ1) is 31.2. The van der Waals surface area contributed by atoms with Crippen LogP contribution in [-0.4, -0.2) is 11.8 Å². The van der Waals surface area contributed by atoms with E-state index < -0.39 is 0 Å². The zero-order valence-electron chi connectivity index (χ0n) is 26.1. The van der Waals surface area contributed by atoms with Gasteiger partial charge in [-0.25, -0.2) is 0 Å². The average Bonchev–Trinajstić information content (AvgIpc) is 2.96. The third-order valence-corrected chi connectivity index (χ3v) is 7.26. The van der Waals surface area contributed by atoms with Crippen LogP contribution in [0.5, 0.6) is 0 Å². The first-order chi connectivity index (χ1) is 20.3. The molecule has 4 heteroatoms. The number of amides is 2. The standard InChI is InChI=1S/C39H42N2O2/c1-38(2,3)32-17-7-28(8-18-32)15-25-36(42)40-34-21-11-30(12-22-34)27-31-13-23-35(24-14-31)41-37(43)26-16-29-9-19-33(20-10-29)39(4,5)6/h7-26H,27H2,1-6H3,(H,40,42)(H,41,43)/b25-15+,26-16+. The third-order valence-electron chi connectivity index (χ3n) is 7.26. The second-order valence-corrected chi connectivity index (χ2v) is 13.0. The van der Waals surface area contributed by atoms with Crippen molar-refractivity contribution in [3.05, 3.63) is 143 Å². The van der Waals surface area contributed by atoms with E-state index in [0.29, 0.717) is 0 Å². The molecule has 0 fully saturated rings. The van der Waals surface area contributed by atoms with Crippen LogP contribution < -0.4 is 10.6 Å². The van der Waals surface area contributed by atoms with E-state index in [1.807, 2.05) is 84.9 Å². The minimum absolute atomic E-state index is 0.102. The molecule has 4 rings (SSSR count). The Morgan fingerprint density at radius 3 is 1.14 bits per heavy atom. The van der Waals surface area contributed by atoms with Crippen LogP contribution in [-0.2, 0) is 26.8 Å². The highest BCUT2D eigenvalue weighted by Crippen LogP contribution is 2.24. The van der Waals surface area contributed by atoms with Gasteiger partial charge in [0.05, 0.1) is 0 Å². The molecule has 4 nitrogen and oxygen atoms in total. The number of benzene rings is 4. The second kappa shape index (κ2) is 13.5. The van der Waals surface area contributed by atoms with Gasteiger partial charge in [-0.3, -0.25) is 9.59 Å². The molecule has 220 valence electrons. The minimum Gasteiger partial charge on any atom is -0.323 e. The summed E-state index contributed by atoms with van der Waals surface area (Å²) in [5.74, 6) is -0.336. The molecule has 4 aromatic carbocycles. The summed E-state index contributed by atoms with van der Waals surface area (Å²) < 4.78 is 0. The molecule has 0 aromatic heterocycles. The Morgan fingerprint density at radius 2 is 0.837 bits per heavy atom. The zero-order chi connectivity index (χ0) is 31.0. The Hall–Kier alpha value is -4.70. The summed E-state index contributed by atoms with van der Waals surface area (Å²) in [5, 5.41) is 5.84. The Kier molecular flexibility index (Phi) is 9.82. The van der Waals surface area contributed by atoms with E-state index in [0.717, 1.165) is 40.0 Å². The van der Waals surface area contributed by atoms with Crippen molar-refractivity contribution in [3.8, 4) is 0 Å². The molecule has 43 heavy (non-hydrogen) atoms. The summed E-state index contributed by atoms with van der Waals surface area (Å²) in [5.41, 5.74) is 8.46. The molecule has 0 atom stereocenters. The maximum Gasteiger partial charge on any atom is 0.248 e. The molecule has 0 saturated heterocycles. The molecular formula is C39H42N2O2. The van der Waals surface area contributed by atoms with Gasteiger partial charge in [0.25, 0.3) is 0 Å². The van der Waals surface area contributed by atoms with Gasteiger partial charge in [0.2, 0.25) is 11.8 Å². The van der Waals surface area contributed by atoms with Crippen molar-refractivity contribution in [1.29, 1.82) is 0 Å². The topological polar surface area (TPSA) is 58.2 Å². The molecular weight excluding hydrogens is 528 g/mol. The quantitative estimate of drug-likeness (QED) is 0.208. The smallest absolute Gasteiger partial charge is 0.248 e. The number of rotatable bonds is 8. The maximum atomic E-state index is 12.4. The number of hydrogen-bond acceptors (Lipinski definition) is 2. The van der Waals surface area contributed by atoms with Crippen LogP contribution in [0.4, 0.5) is 11.4 Å². The van der Waals surface area contributed by atoms with Crippen molar-refractivity contribution in [1.82, 2.24) is 0 Å². The highest BCUT2D eigenvalue weighted by Gasteiger charge is 2.13. The fourth-order valence-electron chi connectivity index (χ4n) is 4.55. The lowest BCUT2D eigenvalue weighted by Crippen LogP contribution is -2.10. The number of carbonyl (C=O) groups is 2. The van der Waals surface area contributed by atoms with Crippen LogP contribution in [0.2, 0.25) is 0 Å². The molecule has 0 spiro atoms. The average molecular weight is 571 g/mol. The summed E-state index contributed by atoms with van der Waals surface area (Å²) in [4.78, 5) is 24.8. The Labute approximate surface area is 256 Å². The molecule has 0 aliphatic rings. The summed E-state index contributed by atoms with van der Waals surface area (Å²) in [6.45, 7) is 13.1. The second-order valence-electron chi connectivity index (χ2n) is 13.0. The molecule has 2 amide bonds. The van der Waals surface area contributed by atoms with Crippen molar-refractivity contribution >= 4 is 35.3 Å². The van der Waals surface area contributed by atoms with Crippen LogP contribution in [0.25, 0.3) is 12.2 Å². The number of carbonyl (C=O) groups excluding carboxylic acids is 2. The highest BCUT2D eigenvalue weighted by atomic mass is 16.2. The lowest BCUT2D eigenvalue weighted by atomic mass is 9.87. The van der Waals surface area contributed by atoms with E-state index in [4.69, 9.17) is 0 Å². The minimum atomic E-state index is -0.168. The normalized spacial score (nSPS) is 12.0. The van der Waals surface area contributed by atoms with Crippen molar-refractivity contribution in [2.45, 2.75) is 58.8 Å². The Balaban J connectivity index is 1.25. The SMILES string of the molecule is CC(C)(C)c1ccc(/C=C/C(=O)Nc2ccc(Cc3ccc(NC(=O)/C=C/c4ccc(C(C)(C)C)cc4)cc3)cc2)cc1. The summed E-state index contributed by atoms with van der Waals surface area (Å²) >= 11 is 0. The predicted octanol–water partition coefficient (Wildman–Crippen LogP) is 9.18. The van der Waals surface area contributed by atoms with E-state index in [9.17, 15) is 9.59 Å².